The Hall–Kier alpha value is -1.42. The molecule has 8 heteroatoms. The second-order valence-electron chi connectivity index (χ2n) is 5.82. The minimum absolute atomic E-state index is 0. The summed E-state index contributed by atoms with van der Waals surface area (Å²) in [6, 6.07) is 10.1. The first-order chi connectivity index (χ1) is 12.3. The van der Waals surface area contributed by atoms with Crippen LogP contribution in [0.2, 0.25) is 0 Å². The fraction of sp³-hybridized carbons (Fsp3) is 0.389. The van der Waals surface area contributed by atoms with Crippen LogP contribution in [0.3, 0.4) is 0 Å². The van der Waals surface area contributed by atoms with Crippen LogP contribution >= 0.6 is 39.9 Å². The van der Waals surface area contributed by atoms with Crippen molar-refractivity contribution in [1.29, 1.82) is 0 Å². The Balaban J connectivity index is 0.00000243. The normalized spacial score (nSPS) is 14.8. The number of aromatic nitrogens is 2. The predicted octanol–water partition coefficient (Wildman–Crippen LogP) is 3.14. The Bertz CT molecular complexity index is 687. The molecule has 0 unspecified atom stereocenters. The largest absolute Gasteiger partial charge is 0.357 e. The molecule has 1 aliphatic heterocycles. The highest BCUT2D eigenvalue weighted by molar-refractivity contribution is 14.0. The van der Waals surface area contributed by atoms with Crippen molar-refractivity contribution in [1.82, 2.24) is 20.2 Å². The molecule has 0 aliphatic carbocycles. The third kappa shape index (κ3) is 5.80. The third-order valence-corrected chi connectivity index (χ3v) is 4.60. The summed E-state index contributed by atoms with van der Waals surface area (Å²) < 4.78 is 1.09. The number of hydrogen-bond donors (Lipinski definition) is 1. The van der Waals surface area contributed by atoms with Crippen LogP contribution in [0.4, 0.5) is 5.95 Å². The SMILES string of the molecule is CCNC(=NCc1ccc(Br)cc1)N1CCN(c2ncccn2)CC1.I. The van der Waals surface area contributed by atoms with Crippen molar-refractivity contribution in [2.75, 3.05) is 37.6 Å². The van der Waals surface area contributed by atoms with Gasteiger partial charge in [0.2, 0.25) is 5.95 Å². The predicted molar refractivity (Wildman–Crippen MR) is 120 cm³/mol. The number of rotatable bonds is 4. The van der Waals surface area contributed by atoms with Gasteiger partial charge in [-0.05, 0) is 30.7 Å². The van der Waals surface area contributed by atoms with Gasteiger partial charge in [0.15, 0.2) is 5.96 Å². The van der Waals surface area contributed by atoms with Crippen molar-refractivity contribution in [2.24, 2.45) is 4.99 Å². The van der Waals surface area contributed by atoms with Crippen LogP contribution in [0.5, 0.6) is 0 Å². The molecule has 0 saturated carbocycles. The third-order valence-electron chi connectivity index (χ3n) is 4.07. The van der Waals surface area contributed by atoms with Gasteiger partial charge in [-0.3, -0.25) is 0 Å². The van der Waals surface area contributed by atoms with E-state index in [1.807, 2.05) is 6.07 Å². The maximum Gasteiger partial charge on any atom is 0.225 e. The summed E-state index contributed by atoms with van der Waals surface area (Å²) in [4.78, 5) is 18.0. The standard InChI is InChI=1S/C18H23BrN6.HI/c1-2-20-17(23-14-15-4-6-16(19)7-5-15)24-10-12-25(13-11-24)18-21-8-3-9-22-18;/h3-9H,2,10-14H2,1H3,(H,20,23);1H. The van der Waals surface area contributed by atoms with Gasteiger partial charge >= 0.3 is 0 Å². The second-order valence-corrected chi connectivity index (χ2v) is 6.74. The molecule has 0 atom stereocenters. The molecule has 0 spiro atoms. The number of piperazine rings is 1. The molecular weight excluding hydrogens is 507 g/mol. The molecular formula is C18H24BrIN6. The highest BCUT2D eigenvalue weighted by Gasteiger charge is 2.20. The highest BCUT2D eigenvalue weighted by Crippen LogP contribution is 2.12. The van der Waals surface area contributed by atoms with Gasteiger partial charge in [-0.1, -0.05) is 28.1 Å². The summed E-state index contributed by atoms with van der Waals surface area (Å²) in [6.07, 6.45) is 3.58. The van der Waals surface area contributed by atoms with Gasteiger partial charge in [-0.2, -0.15) is 0 Å². The molecule has 2 aromatic rings. The van der Waals surface area contributed by atoms with E-state index >= 15 is 0 Å². The summed E-state index contributed by atoms with van der Waals surface area (Å²) in [5.41, 5.74) is 1.20. The van der Waals surface area contributed by atoms with Crippen LogP contribution in [-0.2, 0) is 6.54 Å². The van der Waals surface area contributed by atoms with E-state index in [2.05, 4.69) is 72.2 Å². The minimum atomic E-state index is 0. The number of hydrogen-bond acceptors (Lipinski definition) is 4. The molecule has 140 valence electrons. The Kier molecular flexibility index (Phi) is 8.56. The fourth-order valence-corrected chi connectivity index (χ4v) is 3.02. The number of halogens is 2. The van der Waals surface area contributed by atoms with Gasteiger partial charge in [0, 0.05) is 49.6 Å². The smallest absolute Gasteiger partial charge is 0.225 e. The van der Waals surface area contributed by atoms with Gasteiger partial charge in [0.05, 0.1) is 6.54 Å². The Morgan fingerprint density at radius 3 is 2.38 bits per heavy atom. The van der Waals surface area contributed by atoms with Crippen molar-refractivity contribution in [2.45, 2.75) is 13.5 Å². The Labute approximate surface area is 180 Å². The quantitative estimate of drug-likeness (QED) is 0.374. The van der Waals surface area contributed by atoms with Gasteiger partial charge < -0.3 is 15.1 Å². The summed E-state index contributed by atoms with van der Waals surface area (Å²) in [5.74, 6) is 1.78. The van der Waals surface area contributed by atoms with Crippen molar-refractivity contribution in [3.63, 3.8) is 0 Å². The van der Waals surface area contributed by atoms with E-state index in [1.165, 1.54) is 5.56 Å². The molecule has 2 heterocycles. The molecule has 1 N–H and O–H groups in total. The Morgan fingerprint density at radius 2 is 1.77 bits per heavy atom. The lowest BCUT2D eigenvalue weighted by Crippen LogP contribution is -2.52. The van der Waals surface area contributed by atoms with Crippen LogP contribution in [-0.4, -0.2) is 53.6 Å². The summed E-state index contributed by atoms with van der Waals surface area (Å²) in [6.45, 7) is 7.25. The van der Waals surface area contributed by atoms with Gasteiger partial charge in [0.1, 0.15) is 0 Å². The lowest BCUT2D eigenvalue weighted by Gasteiger charge is -2.36. The van der Waals surface area contributed by atoms with Crippen LogP contribution in [0, 0.1) is 0 Å². The lowest BCUT2D eigenvalue weighted by atomic mass is 10.2. The molecule has 1 aromatic carbocycles. The van der Waals surface area contributed by atoms with Crippen molar-refractivity contribution in [3.05, 3.63) is 52.8 Å². The molecule has 1 aromatic heterocycles. The molecule has 1 fully saturated rings. The van der Waals surface area contributed by atoms with E-state index in [9.17, 15) is 0 Å². The number of nitrogens with zero attached hydrogens (tertiary/aromatic N) is 5. The molecule has 1 saturated heterocycles. The Morgan fingerprint density at radius 1 is 1.12 bits per heavy atom. The number of nitrogens with one attached hydrogen (secondary N) is 1. The van der Waals surface area contributed by atoms with Crippen LogP contribution in [0.15, 0.2) is 52.2 Å². The molecule has 1 aliphatic rings. The molecule has 0 amide bonds. The lowest BCUT2D eigenvalue weighted by molar-refractivity contribution is 0.370. The van der Waals surface area contributed by atoms with Gasteiger partial charge in [-0.25, -0.2) is 15.0 Å². The zero-order chi connectivity index (χ0) is 17.5. The van der Waals surface area contributed by atoms with Crippen molar-refractivity contribution in [3.8, 4) is 0 Å². The highest BCUT2D eigenvalue weighted by atomic mass is 127. The number of anilines is 1. The maximum atomic E-state index is 4.80. The number of benzene rings is 1. The number of aliphatic imine (C=N–C) groups is 1. The average molecular weight is 531 g/mol. The summed E-state index contributed by atoms with van der Waals surface area (Å²) in [7, 11) is 0. The molecule has 3 rings (SSSR count). The minimum Gasteiger partial charge on any atom is -0.357 e. The summed E-state index contributed by atoms with van der Waals surface area (Å²) in [5, 5.41) is 3.41. The molecule has 26 heavy (non-hydrogen) atoms. The molecule has 0 radical (unpaired) electrons. The van der Waals surface area contributed by atoms with Crippen molar-refractivity contribution >= 4 is 51.8 Å². The fourth-order valence-electron chi connectivity index (χ4n) is 2.75. The molecule has 0 bridgehead atoms. The maximum absolute atomic E-state index is 4.80. The van der Waals surface area contributed by atoms with E-state index in [4.69, 9.17) is 4.99 Å². The van der Waals surface area contributed by atoms with E-state index in [-0.39, 0.29) is 24.0 Å². The zero-order valence-corrected chi connectivity index (χ0v) is 18.7. The van der Waals surface area contributed by atoms with E-state index in [0.29, 0.717) is 6.54 Å². The number of guanidine groups is 1. The molecule has 6 nitrogen and oxygen atoms in total. The zero-order valence-electron chi connectivity index (χ0n) is 14.8. The van der Waals surface area contributed by atoms with E-state index in [0.717, 1.165) is 49.1 Å². The van der Waals surface area contributed by atoms with Crippen molar-refractivity contribution < 1.29 is 0 Å². The summed E-state index contributed by atoms with van der Waals surface area (Å²) >= 11 is 3.47. The first kappa shape index (κ1) is 20.9. The van der Waals surface area contributed by atoms with Gasteiger partial charge in [-0.15, -0.1) is 24.0 Å². The second kappa shape index (κ2) is 10.7. The van der Waals surface area contributed by atoms with E-state index in [1.54, 1.807) is 12.4 Å². The first-order valence-corrected chi connectivity index (χ1v) is 9.35. The van der Waals surface area contributed by atoms with Crippen LogP contribution in [0.25, 0.3) is 0 Å². The average Bonchev–Trinajstić information content (AvgIpc) is 2.67. The van der Waals surface area contributed by atoms with Crippen LogP contribution < -0.4 is 10.2 Å². The first-order valence-electron chi connectivity index (χ1n) is 8.56. The van der Waals surface area contributed by atoms with Gasteiger partial charge in [0.25, 0.3) is 0 Å². The van der Waals surface area contributed by atoms with Crippen LogP contribution in [0.1, 0.15) is 12.5 Å². The topological polar surface area (TPSA) is 56.7 Å². The monoisotopic (exact) mass is 530 g/mol. The van der Waals surface area contributed by atoms with E-state index < -0.39 is 0 Å².